The summed E-state index contributed by atoms with van der Waals surface area (Å²) < 4.78 is 5.62. The van der Waals surface area contributed by atoms with Gasteiger partial charge in [-0.1, -0.05) is 30.3 Å². The fourth-order valence-corrected chi connectivity index (χ4v) is 2.96. The number of hydrogen-bond acceptors (Lipinski definition) is 3. The van der Waals surface area contributed by atoms with Gasteiger partial charge in [0.05, 0.1) is 12.1 Å². The highest BCUT2D eigenvalue weighted by atomic mass is 32.1. The van der Waals surface area contributed by atoms with Crippen LogP contribution in [0.25, 0.3) is 0 Å². The SMILES string of the molecule is S=C(NC[C@H]1CCCO1)N[C@H](c1ccccc1)c1ccncc1. The molecule has 0 saturated carbocycles. The van der Waals surface area contributed by atoms with Crippen molar-refractivity contribution in [2.45, 2.75) is 25.0 Å². The van der Waals surface area contributed by atoms with Crippen LogP contribution in [0, 0.1) is 0 Å². The Kier molecular flexibility index (Phi) is 5.56. The van der Waals surface area contributed by atoms with Crippen molar-refractivity contribution in [2.75, 3.05) is 13.2 Å². The first-order chi connectivity index (χ1) is 11.3. The quantitative estimate of drug-likeness (QED) is 0.827. The standard InChI is InChI=1S/C18H21N3OS/c23-18(20-13-16-7-4-12-22-16)21-17(14-5-2-1-3-6-14)15-8-10-19-11-9-15/h1-3,5-6,8-11,16-17H,4,7,12-13H2,(H2,20,21,23)/t16-,17-/m1/s1. The average molecular weight is 327 g/mol. The Bertz CT molecular complexity index is 575. The molecule has 1 aromatic heterocycles. The number of benzene rings is 1. The van der Waals surface area contributed by atoms with Gasteiger partial charge in [-0.2, -0.15) is 0 Å². The molecule has 0 radical (unpaired) electrons. The lowest BCUT2D eigenvalue weighted by atomic mass is 10.00. The van der Waals surface area contributed by atoms with Crippen molar-refractivity contribution in [2.24, 2.45) is 0 Å². The summed E-state index contributed by atoms with van der Waals surface area (Å²) in [6, 6.07) is 14.3. The van der Waals surface area contributed by atoms with Crippen LogP contribution in [-0.4, -0.2) is 29.4 Å². The van der Waals surface area contributed by atoms with Crippen LogP contribution in [0.3, 0.4) is 0 Å². The monoisotopic (exact) mass is 327 g/mol. The van der Waals surface area contributed by atoms with Crippen LogP contribution in [0.5, 0.6) is 0 Å². The summed E-state index contributed by atoms with van der Waals surface area (Å²) in [6.45, 7) is 1.61. The van der Waals surface area contributed by atoms with Gasteiger partial charge in [-0.3, -0.25) is 4.98 Å². The van der Waals surface area contributed by atoms with E-state index in [1.165, 1.54) is 5.56 Å². The molecule has 3 rings (SSSR count). The summed E-state index contributed by atoms with van der Waals surface area (Å²) >= 11 is 5.47. The number of nitrogens with one attached hydrogen (secondary N) is 2. The highest BCUT2D eigenvalue weighted by molar-refractivity contribution is 7.80. The molecule has 1 aliphatic rings. The predicted molar refractivity (Wildman–Crippen MR) is 95.2 cm³/mol. The lowest BCUT2D eigenvalue weighted by Crippen LogP contribution is -2.41. The molecule has 1 fully saturated rings. The number of hydrogen-bond donors (Lipinski definition) is 2. The molecule has 2 N–H and O–H groups in total. The molecule has 5 heteroatoms. The van der Waals surface area contributed by atoms with E-state index in [0.717, 1.165) is 31.6 Å². The summed E-state index contributed by atoms with van der Waals surface area (Å²) in [7, 11) is 0. The third-order valence-electron chi connectivity index (χ3n) is 3.96. The topological polar surface area (TPSA) is 46.2 Å². The second-order valence-corrected chi connectivity index (χ2v) is 6.02. The first-order valence-corrected chi connectivity index (χ1v) is 8.34. The van der Waals surface area contributed by atoms with E-state index in [1.807, 2.05) is 30.3 Å². The van der Waals surface area contributed by atoms with Gasteiger partial charge in [0, 0.05) is 25.5 Å². The summed E-state index contributed by atoms with van der Waals surface area (Å²) in [4.78, 5) is 4.10. The van der Waals surface area contributed by atoms with E-state index in [-0.39, 0.29) is 12.1 Å². The number of ether oxygens (including phenoxy) is 1. The van der Waals surface area contributed by atoms with Gasteiger partial charge in [0.25, 0.3) is 0 Å². The van der Waals surface area contributed by atoms with Crippen LogP contribution in [0.1, 0.15) is 30.0 Å². The van der Waals surface area contributed by atoms with Gasteiger partial charge in [-0.05, 0) is 48.3 Å². The van der Waals surface area contributed by atoms with Gasteiger partial charge in [-0.25, -0.2) is 0 Å². The van der Waals surface area contributed by atoms with Crippen molar-refractivity contribution in [1.82, 2.24) is 15.6 Å². The first kappa shape index (κ1) is 15.9. The molecule has 0 spiro atoms. The number of pyridine rings is 1. The van der Waals surface area contributed by atoms with Crippen LogP contribution < -0.4 is 10.6 Å². The van der Waals surface area contributed by atoms with E-state index in [9.17, 15) is 0 Å². The van der Waals surface area contributed by atoms with Gasteiger partial charge in [0.1, 0.15) is 0 Å². The van der Waals surface area contributed by atoms with E-state index in [0.29, 0.717) is 5.11 Å². The number of nitrogens with zero attached hydrogens (tertiary/aromatic N) is 1. The number of rotatable bonds is 5. The van der Waals surface area contributed by atoms with Crippen LogP contribution in [0.15, 0.2) is 54.9 Å². The van der Waals surface area contributed by atoms with Gasteiger partial charge < -0.3 is 15.4 Å². The molecular formula is C18H21N3OS. The van der Waals surface area contributed by atoms with E-state index < -0.39 is 0 Å². The van der Waals surface area contributed by atoms with E-state index in [2.05, 4.69) is 27.8 Å². The van der Waals surface area contributed by atoms with Crippen molar-refractivity contribution in [1.29, 1.82) is 0 Å². The van der Waals surface area contributed by atoms with Crippen molar-refractivity contribution >= 4 is 17.3 Å². The highest BCUT2D eigenvalue weighted by Crippen LogP contribution is 2.21. The maximum Gasteiger partial charge on any atom is 0.167 e. The number of thiocarbonyl (C=S) groups is 1. The maximum absolute atomic E-state index is 5.62. The molecule has 0 unspecified atom stereocenters. The molecular weight excluding hydrogens is 306 g/mol. The fraction of sp³-hybridized carbons (Fsp3) is 0.333. The Morgan fingerprint density at radius 1 is 1.17 bits per heavy atom. The third kappa shape index (κ3) is 4.50. The molecule has 2 aromatic rings. The highest BCUT2D eigenvalue weighted by Gasteiger charge is 2.18. The molecule has 4 nitrogen and oxygen atoms in total. The summed E-state index contributed by atoms with van der Waals surface area (Å²) in [5.41, 5.74) is 2.30. The molecule has 2 heterocycles. The van der Waals surface area contributed by atoms with Crippen molar-refractivity contribution in [3.05, 3.63) is 66.0 Å². The normalized spacial score (nSPS) is 18.3. The molecule has 1 saturated heterocycles. The minimum absolute atomic E-state index is 0.00342. The Hall–Kier alpha value is -1.98. The summed E-state index contributed by atoms with van der Waals surface area (Å²) in [6.07, 6.45) is 6.11. The Balaban J connectivity index is 1.67. The lowest BCUT2D eigenvalue weighted by molar-refractivity contribution is 0.114. The predicted octanol–water partition coefficient (Wildman–Crippen LogP) is 2.81. The van der Waals surface area contributed by atoms with Gasteiger partial charge in [-0.15, -0.1) is 0 Å². The number of aromatic nitrogens is 1. The Morgan fingerprint density at radius 3 is 2.61 bits per heavy atom. The molecule has 0 amide bonds. The molecule has 120 valence electrons. The zero-order chi connectivity index (χ0) is 15.9. The van der Waals surface area contributed by atoms with Crippen molar-refractivity contribution in [3.8, 4) is 0 Å². The molecule has 0 bridgehead atoms. The van der Waals surface area contributed by atoms with Crippen LogP contribution >= 0.6 is 12.2 Å². The van der Waals surface area contributed by atoms with E-state index in [1.54, 1.807) is 12.4 Å². The second kappa shape index (κ2) is 8.04. The largest absolute Gasteiger partial charge is 0.376 e. The molecule has 1 aromatic carbocycles. The van der Waals surface area contributed by atoms with E-state index >= 15 is 0 Å². The minimum atomic E-state index is 0.00342. The average Bonchev–Trinajstić information content (AvgIpc) is 3.13. The Labute approximate surface area is 142 Å². The molecule has 23 heavy (non-hydrogen) atoms. The molecule has 1 aliphatic heterocycles. The second-order valence-electron chi connectivity index (χ2n) is 5.61. The molecule has 2 atom stereocenters. The molecule has 0 aliphatic carbocycles. The Morgan fingerprint density at radius 2 is 1.91 bits per heavy atom. The smallest absolute Gasteiger partial charge is 0.167 e. The fourth-order valence-electron chi connectivity index (χ4n) is 2.75. The third-order valence-corrected chi connectivity index (χ3v) is 4.22. The van der Waals surface area contributed by atoms with Crippen LogP contribution in [0.2, 0.25) is 0 Å². The zero-order valence-corrected chi connectivity index (χ0v) is 13.8. The van der Waals surface area contributed by atoms with Gasteiger partial charge >= 0.3 is 0 Å². The first-order valence-electron chi connectivity index (χ1n) is 7.94. The van der Waals surface area contributed by atoms with E-state index in [4.69, 9.17) is 17.0 Å². The van der Waals surface area contributed by atoms with Crippen molar-refractivity contribution in [3.63, 3.8) is 0 Å². The van der Waals surface area contributed by atoms with Crippen LogP contribution in [-0.2, 0) is 4.74 Å². The zero-order valence-electron chi connectivity index (χ0n) is 12.9. The minimum Gasteiger partial charge on any atom is -0.376 e. The maximum atomic E-state index is 5.62. The van der Waals surface area contributed by atoms with Gasteiger partial charge in [0.15, 0.2) is 5.11 Å². The summed E-state index contributed by atoms with van der Waals surface area (Å²) in [5.74, 6) is 0. The van der Waals surface area contributed by atoms with Crippen molar-refractivity contribution < 1.29 is 4.74 Å². The lowest BCUT2D eigenvalue weighted by Gasteiger charge is -2.22. The van der Waals surface area contributed by atoms with Crippen LogP contribution in [0.4, 0.5) is 0 Å². The van der Waals surface area contributed by atoms with Gasteiger partial charge in [0.2, 0.25) is 0 Å². The summed E-state index contributed by atoms with van der Waals surface area (Å²) in [5, 5.41) is 7.33.